The third-order valence-corrected chi connectivity index (χ3v) is 4.52. The third kappa shape index (κ3) is 5.07. The molecule has 0 atom stereocenters. The minimum Gasteiger partial charge on any atom is -0.489 e. The summed E-state index contributed by atoms with van der Waals surface area (Å²) in [4.78, 5) is 27.9. The van der Waals surface area contributed by atoms with Crippen LogP contribution in [0.3, 0.4) is 0 Å². The summed E-state index contributed by atoms with van der Waals surface area (Å²) in [6.45, 7) is 1.56. The van der Waals surface area contributed by atoms with Gasteiger partial charge in [0.2, 0.25) is 11.8 Å². The highest BCUT2D eigenvalue weighted by Gasteiger charge is 2.24. The Morgan fingerprint density at radius 2 is 1.96 bits per heavy atom. The second-order valence-electron chi connectivity index (χ2n) is 6.73. The molecule has 148 valence electrons. The smallest absolute Gasteiger partial charge is 0.238 e. The van der Waals surface area contributed by atoms with E-state index in [0.29, 0.717) is 25.2 Å². The number of halogens is 1. The number of nitrogens with zero attached hydrogens (tertiary/aromatic N) is 2. The molecule has 1 aliphatic heterocycles. The number of amides is 2. The van der Waals surface area contributed by atoms with Crippen LogP contribution >= 0.6 is 0 Å². The van der Waals surface area contributed by atoms with E-state index in [1.807, 2.05) is 18.2 Å². The summed E-state index contributed by atoms with van der Waals surface area (Å²) in [6.07, 6.45) is 1.36. The largest absolute Gasteiger partial charge is 0.489 e. The average molecular weight is 385 g/mol. The highest BCUT2D eigenvalue weighted by atomic mass is 19.1. The number of nitrogens with one attached hydrogen (secondary N) is 1. The monoisotopic (exact) mass is 385 g/mol. The van der Waals surface area contributed by atoms with Crippen LogP contribution in [0.1, 0.15) is 12.8 Å². The van der Waals surface area contributed by atoms with Crippen LogP contribution in [-0.2, 0) is 9.59 Å². The molecular formula is C21H24FN3O3. The number of para-hydroxylation sites is 3. The van der Waals surface area contributed by atoms with Gasteiger partial charge in [0.25, 0.3) is 0 Å². The van der Waals surface area contributed by atoms with Crippen LogP contribution in [0.4, 0.5) is 15.8 Å². The van der Waals surface area contributed by atoms with Gasteiger partial charge in [0.05, 0.1) is 17.9 Å². The zero-order chi connectivity index (χ0) is 19.9. The zero-order valence-electron chi connectivity index (χ0n) is 15.9. The first-order chi connectivity index (χ1) is 13.5. The van der Waals surface area contributed by atoms with E-state index in [9.17, 15) is 14.0 Å². The van der Waals surface area contributed by atoms with Gasteiger partial charge >= 0.3 is 0 Å². The molecule has 0 unspecified atom stereocenters. The molecule has 7 heteroatoms. The summed E-state index contributed by atoms with van der Waals surface area (Å²) < 4.78 is 18.9. The van der Waals surface area contributed by atoms with Gasteiger partial charge in [-0.15, -0.1) is 0 Å². The van der Waals surface area contributed by atoms with Crippen LogP contribution < -0.4 is 15.0 Å². The number of benzene rings is 2. The van der Waals surface area contributed by atoms with Gasteiger partial charge in [-0.3, -0.25) is 14.5 Å². The molecule has 0 bridgehead atoms. The highest BCUT2D eigenvalue weighted by Crippen LogP contribution is 2.29. The van der Waals surface area contributed by atoms with Gasteiger partial charge in [0.15, 0.2) is 11.6 Å². The fourth-order valence-corrected chi connectivity index (χ4v) is 3.10. The summed E-state index contributed by atoms with van der Waals surface area (Å²) in [6, 6.07) is 13.5. The fourth-order valence-electron chi connectivity index (χ4n) is 3.10. The second kappa shape index (κ2) is 9.32. The Morgan fingerprint density at radius 3 is 2.71 bits per heavy atom. The summed E-state index contributed by atoms with van der Waals surface area (Å²) in [5.74, 6) is -0.322. The van der Waals surface area contributed by atoms with E-state index in [-0.39, 0.29) is 30.7 Å². The summed E-state index contributed by atoms with van der Waals surface area (Å²) >= 11 is 0. The first-order valence-corrected chi connectivity index (χ1v) is 9.29. The van der Waals surface area contributed by atoms with E-state index in [1.165, 1.54) is 6.07 Å². The predicted octanol–water partition coefficient (Wildman–Crippen LogP) is 2.90. The van der Waals surface area contributed by atoms with E-state index in [0.717, 1.165) is 12.1 Å². The maximum atomic E-state index is 13.5. The first kappa shape index (κ1) is 19.8. The molecule has 1 saturated heterocycles. The van der Waals surface area contributed by atoms with Gasteiger partial charge in [-0.2, -0.15) is 0 Å². The Labute approximate surface area is 163 Å². The Kier molecular flexibility index (Phi) is 6.60. The molecule has 0 spiro atoms. The van der Waals surface area contributed by atoms with Crippen molar-refractivity contribution in [3.8, 4) is 5.75 Å². The number of likely N-dealkylation sites (N-methyl/N-ethyl adjacent to an activating group) is 1. The average Bonchev–Trinajstić information content (AvgIpc) is 3.09. The van der Waals surface area contributed by atoms with Gasteiger partial charge in [-0.1, -0.05) is 24.3 Å². The molecule has 6 nitrogen and oxygen atoms in total. The molecule has 0 saturated carbocycles. The van der Waals surface area contributed by atoms with Gasteiger partial charge < -0.3 is 15.0 Å². The normalized spacial score (nSPS) is 13.8. The minimum atomic E-state index is -0.407. The van der Waals surface area contributed by atoms with Crippen molar-refractivity contribution in [3.05, 3.63) is 54.3 Å². The number of carbonyl (C=O) groups is 2. The van der Waals surface area contributed by atoms with Crippen LogP contribution in [0.15, 0.2) is 48.5 Å². The summed E-state index contributed by atoms with van der Waals surface area (Å²) in [5.41, 5.74) is 1.35. The van der Waals surface area contributed by atoms with E-state index in [1.54, 1.807) is 41.1 Å². The van der Waals surface area contributed by atoms with Crippen LogP contribution in [0.25, 0.3) is 0 Å². The third-order valence-electron chi connectivity index (χ3n) is 4.52. The lowest BCUT2D eigenvalue weighted by atomic mass is 10.2. The first-order valence-electron chi connectivity index (χ1n) is 9.29. The van der Waals surface area contributed by atoms with Crippen LogP contribution in [-0.4, -0.2) is 50.0 Å². The molecule has 1 heterocycles. The van der Waals surface area contributed by atoms with Crippen molar-refractivity contribution < 1.29 is 18.7 Å². The lowest BCUT2D eigenvalue weighted by Gasteiger charge is -2.21. The fraction of sp³-hybridized carbons (Fsp3) is 0.333. The molecule has 28 heavy (non-hydrogen) atoms. The van der Waals surface area contributed by atoms with Crippen molar-refractivity contribution in [2.45, 2.75) is 12.8 Å². The summed E-state index contributed by atoms with van der Waals surface area (Å²) in [7, 11) is 1.79. The number of rotatable bonds is 8. The molecule has 1 N–H and O–H groups in total. The van der Waals surface area contributed by atoms with Crippen LogP contribution in [0.5, 0.6) is 5.75 Å². The topological polar surface area (TPSA) is 61.9 Å². The van der Waals surface area contributed by atoms with Gasteiger partial charge in [0.1, 0.15) is 6.61 Å². The van der Waals surface area contributed by atoms with E-state index in [2.05, 4.69) is 5.32 Å². The molecule has 2 aromatic rings. The molecule has 0 aromatic heterocycles. The van der Waals surface area contributed by atoms with Crippen LogP contribution in [0, 0.1) is 5.82 Å². The van der Waals surface area contributed by atoms with Crippen molar-refractivity contribution in [2.24, 2.45) is 0 Å². The van der Waals surface area contributed by atoms with E-state index in [4.69, 9.17) is 4.74 Å². The lowest BCUT2D eigenvalue weighted by Crippen LogP contribution is -2.33. The van der Waals surface area contributed by atoms with E-state index >= 15 is 0 Å². The standard InChI is InChI=1S/C21H24FN3O3/c1-24(13-14-28-19-10-5-2-7-16(19)22)15-20(26)23-17-8-3-4-9-18(17)25-12-6-11-21(25)27/h2-5,7-10H,6,11-15H2,1H3,(H,23,26). The summed E-state index contributed by atoms with van der Waals surface area (Å²) in [5, 5.41) is 2.88. The number of anilines is 2. The van der Waals surface area contributed by atoms with Crippen molar-refractivity contribution in [3.63, 3.8) is 0 Å². The lowest BCUT2D eigenvalue weighted by molar-refractivity contribution is -0.118. The SMILES string of the molecule is CN(CCOc1ccccc1F)CC(=O)Nc1ccccc1N1CCCC1=O. The molecule has 2 aromatic carbocycles. The Balaban J connectivity index is 1.50. The zero-order valence-corrected chi connectivity index (χ0v) is 15.9. The van der Waals surface area contributed by atoms with Gasteiger partial charge in [-0.05, 0) is 37.7 Å². The number of hydrogen-bond donors (Lipinski definition) is 1. The molecule has 1 fully saturated rings. The molecule has 2 amide bonds. The van der Waals surface area contributed by atoms with E-state index < -0.39 is 5.82 Å². The Bertz CT molecular complexity index is 843. The quantitative estimate of drug-likeness (QED) is 0.759. The van der Waals surface area contributed by atoms with Crippen molar-refractivity contribution >= 4 is 23.2 Å². The minimum absolute atomic E-state index is 0.0732. The molecule has 3 rings (SSSR count). The number of carbonyl (C=O) groups excluding carboxylic acids is 2. The second-order valence-corrected chi connectivity index (χ2v) is 6.73. The number of hydrogen-bond acceptors (Lipinski definition) is 4. The maximum absolute atomic E-state index is 13.5. The Morgan fingerprint density at radius 1 is 1.21 bits per heavy atom. The number of ether oxygens (including phenoxy) is 1. The van der Waals surface area contributed by atoms with Gasteiger partial charge in [-0.25, -0.2) is 4.39 Å². The van der Waals surface area contributed by atoms with Gasteiger partial charge in [0, 0.05) is 19.5 Å². The van der Waals surface area contributed by atoms with Crippen LogP contribution in [0.2, 0.25) is 0 Å². The Hall–Kier alpha value is -2.93. The maximum Gasteiger partial charge on any atom is 0.238 e. The van der Waals surface area contributed by atoms with Crippen molar-refractivity contribution in [2.75, 3.05) is 43.5 Å². The molecule has 1 aliphatic rings. The molecule has 0 aliphatic carbocycles. The predicted molar refractivity (Wildman–Crippen MR) is 106 cm³/mol. The molecular weight excluding hydrogens is 361 g/mol. The van der Waals surface area contributed by atoms with Crippen molar-refractivity contribution in [1.29, 1.82) is 0 Å². The highest BCUT2D eigenvalue weighted by molar-refractivity contribution is 6.02. The van der Waals surface area contributed by atoms with Crippen molar-refractivity contribution in [1.82, 2.24) is 4.90 Å². The molecule has 0 radical (unpaired) electrons.